The van der Waals surface area contributed by atoms with Crippen LogP contribution in [0.4, 0.5) is 4.79 Å². The SMILES string of the molecule is Cc1ccc(CN2C(=[N+]3CCCCCC3)N=C3C2C(=O)N(C)C(=O)N3C)cc1. The number of hydrogen-bond donors (Lipinski definition) is 0. The number of amidine groups is 1. The van der Waals surface area contributed by atoms with Gasteiger partial charge >= 0.3 is 12.0 Å². The quantitative estimate of drug-likeness (QED) is 0.736. The predicted molar refractivity (Wildman–Crippen MR) is 107 cm³/mol. The summed E-state index contributed by atoms with van der Waals surface area (Å²) < 4.78 is 2.29. The Kier molecular flexibility index (Phi) is 4.91. The van der Waals surface area contributed by atoms with Crippen LogP contribution in [0.25, 0.3) is 0 Å². The summed E-state index contributed by atoms with van der Waals surface area (Å²) in [6, 6.07) is 7.49. The number of urea groups is 1. The van der Waals surface area contributed by atoms with Gasteiger partial charge in [-0.25, -0.2) is 9.69 Å². The molecule has 0 spiro atoms. The average molecular weight is 382 g/mol. The number of nitrogens with zero attached hydrogens (tertiary/aromatic N) is 5. The van der Waals surface area contributed by atoms with Gasteiger partial charge in [0.15, 0.2) is 0 Å². The number of carbonyl (C=O) groups excluding carboxylic acids is 2. The molecule has 3 heterocycles. The number of likely N-dealkylation sites (N-methyl/N-ethyl adjacent to an activating group) is 2. The molecule has 0 saturated carbocycles. The molecule has 1 aromatic rings. The molecule has 0 N–H and O–H groups in total. The van der Waals surface area contributed by atoms with Gasteiger partial charge in [0, 0.05) is 14.1 Å². The van der Waals surface area contributed by atoms with Crippen molar-refractivity contribution in [2.24, 2.45) is 4.99 Å². The van der Waals surface area contributed by atoms with Crippen molar-refractivity contribution in [2.45, 2.75) is 45.2 Å². The summed E-state index contributed by atoms with van der Waals surface area (Å²) >= 11 is 0. The van der Waals surface area contributed by atoms with E-state index in [1.165, 1.54) is 28.2 Å². The molecule has 2 fully saturated rings. The van der Waals surface area contributed by atoms with Crippen LogP contribution in [0, 0.1) is 6.92 Å². The van der Waals surface area contributed by atoms with E-state index in [1.54, 1.807) is 14.1 Å². The summed E-state index contributed by atoms with van der Waals surface area (Å²) in [4.78, 5) is 35.1. The summed E-state index contributed by atoms with van der Waals surface area (Å²) in [6.07, 6.45) is 4.70. The lowest BCUT2D eigenvalue weighted by Gasteiger charge is -2.33. The maximum Gasteiger partial charge on any atom is 0.392 e. The number of amides is 3. The highest BCUT2D eigenvalue weighted by Crippen LogP contribution is 2.25. The first-order valence-corrected chi connectivity index (χ1v) is 10.1. The Balaban J connectivity index is 1.76. The molecule has 7 nitrogen and oxygen atoms in total. The lowest BCUT2D eigenvalue weighted by molar-refractivity contribution is -0.531. The van der Waals surface area contributed by atoms with Crippen molar-refractivity contribution in [2.75, 3.05) is 27.2 Å². The molecule has 0 aliphatic carbocycles. The molecule has 3 aliphatic heterocycles. The second-order valence-electron chi connectivity index (χ2n) is 7.93. The van der Waals surface area contributed by atoms with Gasteiger partial charge < -0.3 is 0 Å². The number of imide groups is 1. The average Bonchev–Trinajstić information content (AvgIpc) is 2.87. The molecule has 0 radical (unpaired) electrons. The Morgan fingerprint density at radius 1 is 1.00 bits per heavy atom. The molecule has 1 unspecified atom stereocenters. The number of carbonyl (C=O) groups is 2. The van der Waals surface area contributed by atoms with Crippen molar-refractivity contribution in [1.82, 2.24) is 14.7 Å². The molecule has 4 rings (SSSR count). The molecule has 28 heavy (non-hydrogen) atoms. The molecule has 7 heteroatoms. The largest absolute Gasteiger partial charge is 0.392 e. The monoisotopic (exact) mass is 382 g/mol. The lowest BCUT2D eigenvalue weighted by atomic mass is 10.1. The third-order valence-corrected chi connectivity index (χ3v) is 5.87. The van der Waals surface area contributed by atoms with Crippen LogP contribution in [-0.4, -0.2) is 76.2 Å². The third kappa shape index (κ3) is 3.19. The van der Waals surface area contributed by atoms with E-state index in [4.69, 9.17) is 4.99 Å². The van der Waals surface area contributed by atoms with Gasteiger partial charge in [-0.15, -0.1) is 0 Å². The van der Waals surface area contributed by atoms with Crippen molar-refractivity contribution < 1.29 is 14.2 Å². The van der Waals surface area contributed by atoms with Gasteiger partial charge in [-0.2, -0.15) is 0 Å². The number of aryl methyl sites for hydroxylation is 1. The van der Waals surface area contributed by atoms with E-state index < -0.39 is 6.04 Å². The summed E-state index contributed by atoms with van der Waals surface area (Å²) in [5.74, 6) is 1.16. The highest BCUT2D eigenvalue weighted by molar-refractivity contribution is 6.25. The summed E-state index contributed by atoms with van der Waals surface area (Å²) in [5.41, 5.74) is 2.34. The van der Waals surface area contributed by atoms with Crippen LogP contribution in [0.1, 0.15) is 36.8 Å². The molecule has 148 valence electrons. The van der Waals surface area contributed by atoms with Crippen LogP contribution in [0.2, 0.25) is 0 Å². The first-order chi connectivity index (χ1) is 13.5. The minimum atomic E-state index is -0.549. The second-order valence-corrected chi connectivity index (χ2v) is 7.93. The zero-order valence-corrected chi connectivity index (χ0v) is 16.9. The number of benzene rings is 1. The molecule has 3 amide bonds. The van der Waals surface area contributed by atoms with Gasteiger partial charge in [-0.1, -0.05) is 47.7 Å². The molecular weight excluding hydrogens is 354 g/mol. The highest BCUT2D eigenvalue weighted by atomic mass is 16.2. The molecule has 1 atom stereocenters. The van der Waals surface area contributed by atoms with E-state index in [-0.39, 0.29) is 11.9 Å². The third-order valence-electron chi connectivity index (χ3n) is 5.87. The van der Waals surface area contributed by atoms with E-state index in [9.17, 15) is 9.59 Å². The number of aliphatic imine (C=N–C) groups is 1. The molecule has 1 aromatic carbocycles. The minimum Gasteiger partial charge on any atom is -0.270 e. The van der Waals surface area contributed by atoms with Gasteiger partial charge in [0.2, 0.25) is 11.9 Å². The Morgan fingerprint density at radius 2 is 1.64 bits per heavy atom. The Hall–Kier alpha value is -2.70. The summed E-state index contributed by atoms with van der Waals surface area (Å²) in [6.45, 7) is 4.52. The van der Waals surface area contributed by atoms with E-state index in [1.807, 2.05) is 0 Å². The smallest absolute Gasteiger partial charge is 0.270 e. The number of fused-ring (bicyclic) bond motifs is 1. The van der Waals surface area contributed by atoms with Gasteiger partial charge in [0.1, 0.15) is 0 Å². The standard InChI is InChI=1S/C21H28N5O2/c1-15-8-10-16(11-9-15)14-26-17-18(23(2)21(28)24(3)19(17)27)22-20(26)25-12-6-4-5-7-13-25/h8-11,17H,4-7,12-14H2,1-3H3/q+1. The molecule has 0 bridgehead atoms. The number of hydrogen-bond acceptors (Lipinski definition) is 2. The zero-order chi connectivity index (χ0) is 19.8. The second kappa shape index (κ2) is 7.37. The van der Waals surface area contributed by atoms with Gasteiger partial charge in [-0.3, -0.25) is 19.2 Å². The Morgan fingerprint density at radius 3 is 2.29 bits per heavy atom. The molecular formula is C21H28N5O2+. The first kappa shape index (κ1) is 18.7. The van der Waals surface area contributed by atoms with E-state index in [0.29, 0.717) is 12.4 Å². The number of guanidine groups is 1. The molecule has 2 saturated heterocycles. The first-order valence-electron chi connectivity index (χ1n) is 10.1. The van der Waals surface area contributed by atoms with Crippen LogP contribution in [0.5, 0.6) is 0 Å². The van der Waals surface area contributed by atoms with Crippen molar-refractivity contribution in [1.29, 1.82) is 0 Å². The van der Waals surface area contributed by atoms with Crippen LogP contribution in [-0.2, 0) is 11.3 Å². The summed E-state index contributed by atoms with van der Waals surface area (Å²) in [5, 5.41) is 0. The van der Waals surface area contributed by atoms with Crippen LogP contribution < -0.4 is 0 Å². The lowest BCUT2D eigenvalue weighted by Crippen LogP contribution is -2.62. The normalized spacial score (nSPS) is 23.2. The van der Waals surface area contributed by atoms with Crippen LogP contribution >= 0.6 is 0 Å². The maximum absolute atomic E-state index is 13.0. The Bertz CT molecular complexity index is 848. The number of rotatable bonds is 2. The summed E-state index contributed by atoms with van der Waals surface area (Å²) in [7, 11) is 3.25. The van der Waals surface area contributed by atoms with Crippen molar-refractivity contribution >= 4 is 23.7 Å². The van der Waals surface area contributed by atoms with Gasteiger partial charge in [-0.05, 0) is 25.3 Å². The predicted octanol–water partition coefficient (Wildman–Crippen LogP) is 2.04. The highest BCUT2D eigenvalue weighted by Gasteiger charge is 2.55. The fraction of sp³-hybridized carbons (Fsp3) is 0.524. The minimum absolute atomic E-state index is 0.209. The maximum atomic E-state index is 13.0. The molecule has 3 aliphatic rings. The van der Waals surface area contributed by atoms with Crippen LogP contribution in [0.3, 0.4) is 0 Å². The van der Waals surface area contributed by atoms with Crippen molar-refractivity contribution in [3.63, 3.8) is 0 Å². The zero-order valence-electron chi connectivity index (χ0n) is 16.9. The van der Waals surface area contributed by atoms with E-state index in [2.05, 4.69) is 40.7 Å². The molecule has 0 aromatic heterocycles. The van der Waals surface area contributed by atoms with Crippen molar-refractivity contribution in [3.05, 3.63) is 35.4 Å². The Labute approximate surface area is 165 Å². The van der Waals surface area contributed by atoms with Crippen LogP contribution in [0.15, 0.2) is 29.3 Å². The van der Waals surface area contributed by atoms with E-state index in [0.717, 1.165) is 37.5 Å². The van der Waals surface area contributed by atoms with Gasteiger partial charge in [0.05, 0.1) is 19.6 Å². The fourth-order valence-corrected chi connectivity index (χ4v) is 4.16. The topological polar surface area (TPSA) is 59.2 Å². The van der Waals surface area contributed by atoms with E-state index >= 15 is 0 Å². The van der Waals surface area contributed by atoms with Gasteiger partial charge in [0.25, 0.3) is 5.91 Å². The fourth-order valence-electron chi connectivity index (χ4n) is 4.16. The van der Waals surface area contributed by atoms with Crippen molar-refractivity contribution in [3.8, 4) is 0 Å².